The molecule has 0 radical (unpaired) electrons. The summed E-state index contributed by atoms with van der Waals surface area (Å²) >= 11 is 0. The first-order valence-electron chi connectivity index (χ1n) is 9.19. The van der Waals surface area contributed by atoms with Crippen molar-refractivity contribution in [3.8, 4) is 0 Å². The van der Waals surface area contributed by atoms with Gasteiger partial charge in [0.1, 0.15) is 0 Å². The molecule has 5 rings (SSSR count). The quantitative estimate of drug-likeness (QED) is 0.846. The average Bonchev–Trinajstić information content (AvgIpc) is 3.02. The molecular weight excluding hydrogens is 336 g/mol. The number of aromatic nitrogens is 1. The maximum Gasteiger partial charge on any atom is 0.254 e. The monoisotopic (exact) mass is 354 g/mol. The molecule has 1 aromatic heterocycles. The summed E-state index contributed by atoms with van der Waals surface area (Å²) in [5.41, 5.74) is 5.08. The SMILES string of the molecule is O=C1C2=C3CC=CC=C3C(=O)N(CCc3cccnc3)C2c2ccccc21. The van der Waals surface area contributed by atoms with Crippen LogP contribution in [0.5, 0.6) is 0 Å². The maximum atomic E-state index is 13.3. The normalized spacial score (nSPS) is 20.4. The number of benzene rings is 1. The lowest BCUT2D eigenvalue weighted by atomic mass is 9.84. The minimum Gasteiger partial charge on any atom is -0.327 e. The number of allylic oxidation sites excluding steroid dienone is 3. The molecule has 1 aliphatic heterocycles. The molecule has 1 aromatic carbocycles. The van der Waals surface area contributed by atoms with E-state index in [-0.39, 0.29) is 17.7 Å². The molecule has 27 heavy (non-hydrogen) atoms. The second-order valence-electron chi connectivity index (χ2n) is 7.03. The first-order valence-corrected chi connectivity index (χ1v) is 9.19. The van der Waals surface area contributed by atoms with E-state index in [1.807, 2.05) is 65.7 Å². The summed E-state index contributed by atoms with van der Waals surface area (Å²) in [5, 5.41) is 0. The third kappa shape index (κ3) is 2.40. The molecule has 3 aliphatic rings. The number of nitrogens with zero attached hydrogens (tertiary/aromatic N) is 2. The number of carbonyl (C=O) groups excluding carboxylic acids is 2. The van der Waals surface area contributed by atoms with E-state index in [9.17, 15) is 9.59 Å². The predicted molar refractivity (Wildman–Crippen MR) is 102 cm³/mol. The second-order valence-corrected chi connectivity index (χ2v) is 7.03. The Morgan fingerprint density at radius 2 is 2.00 bits per heavy atom. The van der Waals surface area contributed by atoms with Crippen LogP contribution in [0, 0.1) is 0 Å². The van der Waals surface area contributed by atoms with Crippen LogP contribution >= 0.6 is 0 Å². The number of rotatable bonds is 3. The first-order chi connectivity index (χ1) is 13.3. The zero-order valence-electron chi connectivity index (χ0n) is 14.8. The molecule has 0 saturated heterocycles. The molecule has 0 spiro atoms. The van der Waals surface area contributed by atoms with Gasteiger partial charge in [0.15, 0.2) is 5.78 Å². The Balaban J connectivity index is 1.61. The number of hydrogen-bond acceptors (Lipinski definition) is 3. The van der Waals surface area contributed by atoms with Crippen LogP contribution in [0.1, 0.15) is 33.9 Å². The molecule has 4 heteroatoms. The lowest BCUT2D eigenvalue weighted by Crippen LogP contribution is -2.42. The van der Waals surface area contributed by atoms with Crippen molar-refractivity contribution in [2.45, 2.75) is 18.9 Å². The molecule has 132 valence electrons. The van der Waals surface area contributed by atoms with Gasteiger partial charge in [0.05, 0.1) is 6.04 Å². The number of fused-ring (bicyclic) bond motifs is 4. The highest BCUT2D eigenvalue weighted by Gasteiger charge is 2.46. The fraction of sp³-hybridized carbons (Fsp3) is 0.174. The Morgan fingerprint density at radius 1 is 1.11 bits per heavy atom. The van der Waals surface area contributed by atoms with E-state index in [1.54, 1.807) is 6.20 Å². The highest BCUT2D eigenvalue weighted by Crippen LogP contribution is 2.47. The van der Waals surface area contributed by atoms with E-state index in [4.69, 9.17) is 0 Å². The van der Waals surface area contributed by atoms with Crippen molar-refractivity contribution in [3.63, 3.8) is 0 Å². The van der Waals surface area contributed by atoms with Gasteiger partial charge in [0, 0.05) is 35.6 Å². The highest BCUT2D eigenvalue weighted by atomic mass is 16.2. The largest absolute Gasteiger partial charge is 0.327 e. The molecule has 0 saturated carbocycles. The second kappa shape index (κ2) is 6.16. The van der Waals surface area contributed by atoms with E-state index in [0.29, 0.717) is 25.0 Å². The van der Waals surface area contributed by atoms with Crippen LogP contribution in [-0.2, 0) is 11.2 Å². The lowest BCUT2D eigenvalue weighted by Gasteiger charge is -2.37. The van der Waals surface area contributed by atoms with Gasteiger partial charge in [0.25, 0.3) is 5.91 Å². The Hall–Kier alpha value is -3.27. The van der Waals surface area contributed by atoms with Gasteiger partial charge in [-0.15, -0.1) is 0 Å². The van der Waals surface area contributed by atoms with Gasteiger partial charge in [-0.25, -0.2) is 0 Å². The molecule has 0 fully saturated rings. The molecular formula is C23H18N2O2. The van der Waals surface area contributed by atoms with E-state index in [0.717, 1.165) is 27.8 Å². The standard InChI is InChI=1S/C23H18N2O2/c26-22-18-9-3-2-8-17(18)21-20(22)16-7-1-4-10-19(16)23(27)25(21)13-11-15-6-5-12-24-14-15/h1-6,8-10,12,14,21H,7,11,13H2. The molecule has 0 bridgehead atoms. The molecule has 0 N–H and O–H groups in total. The Labute approximate surface area is 157 Å². The van der Waals surface area contributed by atoms with Gasteiger partial charge in [-0.1, -0.05) is 42.5 Å². The van der Waals surface area contributed by atoms with Gasteiger partial charge in [-0.05, 0) is 41.7 Å². The third-order valence-electron chi connectivity index (χ3n) is 5.56. The van der Waals surface area contributed by atoms with Crippen molar-refractivity contribution in [2.24, 2.45) is 0 Å². The van der Waals surface area contributed by atoms with Crippen molar-refractivity contribution in [1.29, 1.82) is 0 Å². The number of Topliss-reactive ketones (excluding diaryl/α,β-unsaturated/α-hetero) is 1. The van der Waals surface area contributed by atoms with E-state index < -0.39 is 0 Å². The van der Waals surface area contributed by atoms with Crippen molar-refractivity contribution >= 4 is 11.7 Å². The number of amides is 1. The van der Waals surface area contributed by atoms with Crippen LogP contribution in [-0.4, -0.2) is 28.1 Å². The van der Waals surface area contributed by atoms with Crippen LogP contribution in [0.15, 0.2) is 83.7 Å². The van der Waals surface area contributed by atoms with Crippen LogP contribution in [0.2, 0.25) is 0 Å². The number of ketones is 1. The zero-order valence-corrected chi connectivity index (χ0v) is 14.8. The van der Waals surface area contributed by atoms with Gasteiger partial charge < -0.3 is 4.90 Å². The molecule has 4 nitrogen and oxygen atoms in total. The first kappa shape index (κ1) is 15.9. The number of hydrogen-bond donors (Lipinski definition) is 0. The van der Waals surface area contributed by atoms with Crippen LogP contribution in [0.3, 0.4) is 0 Å². The van der Waals surface area contributed by atoms with Gasteiger partial charge in [-0.2, -0.15) is 0 Å². The summed E-state index contributed by atoms with van der Waals surface area (Å²) in [5.74, 6) is 0.0715. The summed E-state index contributed by atoms with van der Waals surface area (Å²) in [6.07, 6.45) is 10.7. The predicted octanol–water partition coefficient (Wildman–Crippen LogP) is 3.59. The maximum absolute atomic E-state index is 13.3. The number of pyridine rings is 1. The molecule has 2 aromatic rings. The van der Waals surface area contributed by atoms with Crippen LogP contribution in [0.25, 0.3) is 0 Å². The minimum absolute atomic E-state index is 0.0106. The number of carbonyl (C=O) groups is 2. The molecule has 2 heterocycles. The topological polar surface area (TPSA) is 50.3 Å². The highest BCUT2D eigenvalue weighted by molar-refractivity contribution is 6.18. The average molecular weight is 354 g/mol. The van der Waals surface area contributed by atoms with E-state index >= 15 is 0 Å². The molecule has 2 aliphatic carbocycles. The summed E-state index contributed by atoms with van der Waals surface area (Å²) in [6.45, 7) is 0.550. The minimum atomic E-state index is -0.281. The zero-order chi connectivity index (χ0) is 18.4. The summed E-state index contributed by atoms with van der Waals surface area (Å²) in [6, 6.07) is 11.3. The van der Waals surface area contributed by atoms with Crippen molar-refractivity contribution in [3.05, 3.63) is 100 Å². The Morgan fingerprint density at radius 3 is 2.85 bits per heavy atom. The molecule has 1 unspecified atom stereocenters. The fourth-order valence-corrected chi connectivity index (χ4v) is 4.31. The molecule has 1 amide bonds. The summed E-state index contributed by atoms with van der Waals surface area (Å²) in [7, 11) is 0. The Bertz CT molecular complexity index is 1050. The summed E-state index contributed by atoms with van der Waals surface area (Å²) < 4.78 is 0. The van der Waals surface area contributed by atoms with Crippen LogP contribution < -0.4 is 0 Å². The Kier molecular flexibility index (Phi) is 3.64. The van der Waals surface area contributed by atoms with Crippen molar-refractivity contribution in [2.75, 3.05) is 6.54 Å². The third-order valence-corrected chi connectivity index (χ3v) is 5.56. The van der Waals surface area contributed by atoms with Crippen molar-refractivity contribution in [1.82, 2.24) is 9.88 Å². The van der Waals surface area contributed by atoms with E-state index in [2.05, 4.69) is 4.98 Å². The smallest absolute Gasteiger partial charge is 0.254 e. The van der Waals surface area contributed by atoms with Crippen LogP contribution in [0.4, 0.5) is 0 Å². The fourth-order valence-electron chi connectivity index (χ4n) is 4.31. The lowest BCUT2D eigenvalue weighted by molar-refractivity contribution is -0.129. The van der Waals surface area contributed by atoms with E-state index in [1.165, 1.54) is 0 Å². The molecule has 1 atom stereocenters. The van der Waals surface area contributed by atoms with Crippen molar-refractivity contribution < 1.29 is 9.59 Å². The van der Waals surface area contributed by atoms with Gasteiger partial charge in [0.2, 0.25) is 0 Å². The van der Waals surface area contributed by atoms with Gasteiger partial charge in [-0.3, -0.25) is 14.6 Å². The summed E-state index contributed by atoms with van der Waals surface area (Å²) in [4.78, 5) is 32.5. The van der Waals surface area contributed by atoms with Gasteiger partial charge >= 0.3 is 0 Å².